The van der Waals surface area contributed by atoms with Crippen LogP contribution < -0.4 is 0 Å². The Morgan fingerprint density at radius 3 is 1.39 bits per heavy atom. The van der Waals surface area contributed by atoms with Gasteiger partial charge in [-0.05, 0) is 0 Å². The fraction of sp³-hybridized carbons (Fsp3) is 1.00. The molecule has 4 aliphatic rings. The molecule has 4 aliphatic heterocycles. The van der Waals surface area contributed by atoms with Gasteiger partial charge in [0.05, 0.1) is 26.4 Å². The van der Waals surface area contributed by atoms with E-state index >= 15 is 0 Å². The zero-order valence-electron chi connectivity index (χ0n) is 24.5. The molecule has 0 aromatic carbocycles. The Morgan fingerprint density at radius 2 is 0.957 bits per heavy atom. The Balaban J connectivity index is 1.43. The quantitative estimate of drug-likeness (QED) is 0.0858. The summed E-state index contributed by atoms with van der Waals surface area (Å²) in [7, 11) is 1.16. The molecule has 0 aromatic rings. The van der Waals surface area contributed by atoms with Crippen molar-refractivity contribution in [2.24, 2.45) is 0 Å². The van der Waals surface area contributed by atoms with Crippen molar-refractivity contribution in [2.45, 2.75) is 123 Å². The predicted molar refractivity (Wildman–Crippen MR) is 139 cm³/mol. The summed E-state index contributed by atoms with van der Waals surface area (Å²) in [4.78, 5) is 0. The summed E-state index contributed by atoms with van der Waals surface area (Å²) in [6.45, 7) is -3.05. The molecular weight excluding hydrogens is 636 g/mol. The van der Waals surface area contributed by atoms with E-state index in [2.05, 4.69) is 0 Å². The van der Waals surface area contributed by atoms with E-state index in [1.165, 1.54) is 0 Å². The first-order valence-corrected chi connectivity index (χ1v) is 14.5. The Morgan fingerprint density at radius 1 is 0.522 bits per heavy atom. The van der Waals surface area contributed by atoms with Crippen LogP contribution in [0.25, 0.3) is 0 Å². The monoisotopic (exact) mass is 680 g/mol. The van der Waals surface area contributed by atoms with Crippen LogP contribution in [0.4, 0.5) is 0 Å². The molecule has 0 amide bonds. The molecule has 4 saturated heterocycles. The third-order valence-electron chi connectivity index (χ3n) is 8.35. The first-order valence-electron chi connectivity index (χ1n) is 14.5. The highest BCUT2D eigenvalue weighted by Gasteiger charge is 2.54. The highest BCUT2D eigenvalue weighted by Crippen LogP contribution is 2.33. The lowest BCUT2D eigenvalue weighted by Gasteiger charge is -2.45. The number of ether oxygens (including phenoxy) is 8. The second-order valence-electron chi connectivity index (χ2n) is 11.4. The first-order chi connectivity index (χ1) is 21.8. The smallest absolute Gasteiger partial charge is 0.187 e. The summed E-state index contributed by atoms with van der Waals surface area (Å²) < 4.78 is 43.8. The second kappa shape index (κ2) is 16.2. The van der Waals surface area contributed by atoms with Gasteiger partial charge in [-0.25, -0.2) is 0 Å². The van der Waals surface area contributed by atoms with Gasteiger partial charge in [-0.3, -0.25) is 0 Å². The number of hydrogen-bond donors (Lipinski definition) is 13. The van der Waals surface area contributed by atoms with E-state index in [9.17, 15) is 61.3 Å². The molecule has 20 atom stereocenters. The summed E-state index contributed by atoms with van der Waals surface area (Å²) >= 11 is 0. The molecule has 0 aromatic heterocycles. The van der Waals surface area contributed by atoms with Crippen LogP contribution in [0.5, 0.6) is 0 Å². The molecular formula is C25H44O21. The molecule has 46 heavy (non-hydrogen) atoms. The first kappa shape index (κ1) is 38.0. The molecule has 270 valence electrons. The molecule has 21 nitrogen and oxygen atoms in total. The number of aliphatic hydroxyl groups is 13. The van der Waals surface area contributed by atoms with Crippen LogP contribution in [0.2, 0.25) is 0 Å². The van der Waals surface area contributed by atoms with Crippen molar-refractivity contribution < 1.29 is 104 Å². The third kappa shape index (κ3) is 7.65. The molecule has 0 saturated carbocycles. The van der Waals surface area contributed by atoms with Crippen LogP contribution in [-0.4, -0.2) is 223 Å². The minimum Gasteiger partial charge on any atom is -0.394 e. The molecule has 0 spiro atoms. The van der Waals surface area contributed by atoms with Crippen LogP contribution in [0.15, 0.2) is 0 Å². The highest BCUT2D eigenvalue weighted by atomic mass is 16.8. The number of methoxy groups -OCH3 is 1. The van der Waals surface area contributed by atoms with Crippen molar-refractivity contribution in [1.29, 1.82) is 0 Å². The van der Waals surface area contributed by atoms with Gasteiger partial charge in [-0.1, -0.05) is 0 Å². The second-order valence-corrected chi connectivity index (χ2v) is 11.4. The van der Waals surface area contributed by atoms with Gasteiger partial charge in [0.2, 0.25) is 0 Å². The fourth-order valence-corrected chi connectivity index (χ4v) is 5.62. The molecule has 21 heteroatoms. The van der Waals surface area contributed by atoms with Crippen molar-refractivity contribution in [3.05, 3.63) is 0 Å². The predicted octanol–water partition coefficient (Wildman–Crippen LogP) is -9.09. The van der Waals surface area contributed by atoms with Crippen LogP contribution >= 0.6 is 0 Å². The fourth-order valence-electron chi connectivity index (χ4n) is 5.62. The maximum Gasteiger partial charge on any atom is 0.187 e. The zero-order chi connectivity index (χ0) is 34.0. The van der Waals surface area contributed by atoms with Crippen LogP contribution in [0.3, 0.4) is 0 Å². The summed E-state index contributed by atoms with van der Waals surface area (Å²) in [5.74, 6) is 0. The third-order valence-corrected chi connectivity index (χ3v) is 8.35. The van der Waals surface area contributed by atoms with Crippen molar-refractivity contribution in [3.8, 4) is 0 Å². The minimum atomic E-state index is -1.85. The van der Waals surface area contributed by atoms with Gasteiger partial charge in [0.25, 0.3) is 0 Å². The van der Waals surface area contributed by atoms with E-state index in [1.807, 2.05) is 0 Å². The van der Waals surface area contributed by atoms with Gasteiger partial charge < -0.3 is 104 Å². The Hall–Kier alpha value is -0.840. The van der Waals surface area contributed by atoms with Gasteiger partial charge in [0, 0.05) is 7.11 Å². The average Bonchev–Trinajstić information content (AvgIpc) is 3.50. The number of rotatable bonds is 13. The molecule has 0 aliphatic carbocycles. The molecule has 4 rings (SSSR count). The molecule has 4 heterocycles. The largest absolute Gasteiger partial charge is 0.394 e. The van der Waals surface area contributed by atoms with Crippen LogP contribution in [0.1, 0.15) is 0 Å². The lowest BCUT2D eigenvalue weighted by molar-refractivity contribution is -0.358. The Kier molecular flexibility index (Phi) is 13.4. The molecule has 0 bridgehead atoms. The van der Waals surface area contributed by atoms with Gasteiger partial charge in [0.1, 0.15) is 97.7 Å². The summed E-state index contributed by atoms with van der Waals surface area (Å²) in [5, 5.41) is 132. The van der Waals surface area contributed by atoms with Gasteiger partial charge in [0.15, 0.2) is 25.2 Å². The maximum absolute atomic E-state index is 10.9. The van der Waals surface area contributed by atoms with Crippen molar-refractivity contribution in [3.63, 3.8) is 0 Å². The summed E-state index contributed by atoms with van der Waals surface area (Å²) in [5.41, 5.74) is 0. The van der Waals surface area contributed by atoms with Gasteiger partial charge in [-0.2, -0.15) is 0 Å². The van der Waals surface area contributed by atoms with E-state index in [1.54, 1.807) is 0 Å². The van der Waals surface area contributed by atoms with E-state index < -0.39 is 149 Å². The van der Waals surface area contributed by atoms with E-state index in [0.29, 0.717) is 0 Å². The van der Waals surface area contributed by atoms with Crippen molar-refractivity contribution >= 4 is 0 Å². The maximum atomic E-state index is 10.9. The normalized spacial score (nSPS) is 49.7. The Bertz CT molecular complexity index is 932. The lowest BCUT2D eigenvalue weighted by Crippen LogP contribution is -2.63. The standard InChI is InChI=1S/C25H44O21/c1-39-24-20(45-22-16(37)14(35)18(43-22)6(29)2-26)13(34)11(32)9(42-24)5-40-25-21(12(33)10(31)8(4-28)41-25)46-23-17(38)15(36)19(44-23)7(30)3-27/h6-38H,2-5H2,1H3/t6-,7-,8-,9-,10-,11-,12+,13+,14-,15-,16-,17-,18+,19+,20+,21+,22-,23-,24+,25+/m1/s1. The van der Waals surface area contributed by atoms with Gasteiger partial charge in [-0.15, -0.1) is 0 Å². The van der Waals surface area contributed by atoms with Crippen LogP contribution in [0, 0.1) is 0 Å². The average molecular weight is 681 g/mol. The molecule has 0 radical (unpaired) electrons. The van der Waals surface area contributed by atoms with E-state index in [-0.39, 0.29) is 0 Å². The number of hydrogen-bond acceptors (Lipinski definition) is 21. The zero-order valence-corrected chi connectivity index (χ0v) is 24.5. The van der Waals surface area contributed by atoms with E-state index in [4.69, 9.17) is 43.0 Å². The SMILES string of the molecule is CO[C@H]1O[C@H](CO[C@H]2O[C@H](CO)[C@@H](O)[C@H](O)[C@@H]2O[C@H]2O[C@@H]([C@H](O)CO)[C@H](O)[C@H]2O)[C@@H](O)[C@H](O)[C@@H]1O[C@H]1O[C@@H]([C@H](O)CO)[C@H](O)[C@H]1O. The molecule has 0 unspecified atom stereocenters. The van der Waals surface area contributed by atoms with Crippen molar-refractivity contribution in [1.82, 2.24) is 0 Å². The minimum absolute atomic E-state index is 0.634. The topological polar surface area (TPSA) is 337 Å². The van der Waals surface area contributed by atoms with Crippen LogP contribution in [-0.2, 0) is 37.9 Å². The highest BCUT2D eigenvalue weighted by molar-refractivity contribution is 4.97. The van der Waals surface area contributed by atoms with Crippen molar-refractivity contribution in [2.75, 3.05) is 33.5 Å². The Labute approximate surface area is 261 Å². The summed E-state index contributed by atoms with van der Waals surface area (Å²) in [6, 6.07) is 0. The molecule has 4 fully saturated rings. The lowest BCUT2D eigenvalue weighted by atomic mass is 9.98. The summed E-state index contributed by atoms with van der Waals surface area (Å²) in [6.07, 6.45) is -32.8. The molecule has 13 N–H and O–H groups in total. The van der Waals surface area contributed by atoms with Gasteiger partial charge >= 0.3 is 0 Å². The number of aliphatic hydroxyl groups excluding tert-OH is 13. The van der Waals surface area contributed by atoms with E-state index in [0.717, 1.165) is 7.11 Å².